The van der Waals surface area contributed by atoms with Crippen LogP contribution in [0.2, 0.25) is 5.02 Å². The number of benzene rings is 1. The molecule has 3 rings (SSSR count). The Kier molecular flexibility index (Phi) is 10.0. The van der Waals surface area contributed by atoms with Crippen molar-refractivity contribution in [2.75, 3.05) is 53.6 Å². The van der Waals surface area contributed by atoms with Crippen LogP contribution in [0.15, 0.2) is 30.5 Å². The number of ether oxygens (including phenoxy) is 3. The molecule has 16 heteroatoms. The van der Waals surface area contributed by atoms with E-state index in [-0.39, 0.29) is 37.9 Å². The van der Waals surface area contributed by atoms with Gasteiger partial charge in [-0.1, -0.05) is 11.6 Å². The van der Waals surface area contributed by atoms with E-state index < -0.39 is 33.2 Å². The number of hydrogen-bond donors (Lipinski definition) is 1. The van der Waals surface area contributed by atoms with Crippen LogP contribution >= 0.6 is 11.6 Å². The highest BCUT2D eigenvalue weighted by atomic mass is 35.5. The molecule has 210 valence electrons. The molecular formula is C22H26ClF3N4O7S. The standard InChI is InChI=1S/C22H26ClF3N4O7S/c1-29-5-7-30(8-6-29)38(32,33)37-21(31)28-13-15-3-4-17(35-10-9-34-2)12-19(15)36-20-18(23)11-16(14-27-20)22(24,25)26/h3-4,11-12,14H,5-10,13H2,1-2H3,(H,28,31). The van der Waals surface area contributed by atoms with Crippen LogP contribution in [-0.4, -0.2) is 82.3 Å². The number of carbonyl (C=O) groups is 1. The molecule has 38 heavy (non-hydrogen) atoms. The van der Waals surface area contributed by atoms with Gasteiger partial charge >= 0.3 is 22.6 Å². The smallest absolute Gasteiger partial charge is 0.423 e. The molecule has 1 amide bonds. The van der Waals surface area contributed by atoms with Crippen LogP contribution in [0.1, 0.15) is 11.1 Å². The Morgan fingerprint density at radius 1 is 1.16 bits per heavy atom. The summed E-state index contributed by atoms with van der Waals surface area (Å²) in [5.74, 6) is 0.0375. The van der Waals surface area contributed by atoms with E-state index in [2.05, 4.69) is 14.5 Å². The Bertz CT molecular complexity index is 1230. The maximum atomic E-state index is 13.0. The number of methoxy groups -OCH3 is 1. The summed E-state index contributed by atoms with van der Waals surface area (Å²) in [5.41, 5.74) is -0.756. The van der Waals surface area contributed by atoms with Gasteiger partial charge in [0.15, 0.2) is 0 Å². The van der Waals surface area contributed by atoms with E-state index in [1.54, 1.807) is 6.07 Å². The molecule has 1 aromatic heterocycles. The van der Waals surface area contributed by atoms with E-state index >= 15 is 0 Å². The topological polar surface area (TPSA) is 120 Å². The predicted molar refractivity (Wildman–Crippen MR) is 129 cm³/mol. The fourth-order valence-corrected chi connectivity index (χ4v) is 4.40. The number of carbonyl (C=O) groups excluding carboxylic acids is 1. The number of amides is 1. The summed E-state index contributed by atoms with van der Waals surface area (Å²) in [4.78, 5) is 17.9. The van der Waals surface area contributed by atoms with Crippen LogP contribution in [0.3, 0.4) is 0 Å². The summed E-state index contributed by atoms with van der Waals surface area (Å²) < 4.78 is 85.5. The third-order valence-corrected chi connectivity index (χ3v) is 6.95. The highest BCUT2D eigenvalue weighted by molar-refractivity contribution is 7.84. The number of rotatable bonds is 10. The van der Waals surface area contributed by atoms with Crippen LogP contribution < -0.4 is 14.8 Å². The zero-order valence-corrected chi connectivity index (χ0v) is 22.0. The molecule has 1 aliphatic rings. The van der Waals surface area contributed by atoms with Crippen molar-refractivity contribution < 1.29 is 44.8 Å². The van der Waals surface area contributed by atoms with Gasteiger partial charge in [-0.3, -0.25) is 0 Å². The number of nitrogens with zero attached hydrogens (tertiary/aromatic N) is 3. The van der Waals surface area contributed by atoms with Gasteiger partial charge in [0.25, 0.3) is 0 Å². The van der Waals surface area contributed by atoms with Crippen molar-refractivity contribution in [1.29, 1.82) is 0 Å². The Hall–Kier alpha value is -2.85. The number of piperazine rings is 1. The van der Waals surface area contributed by atoms with Gasteiger partial charge in [0.05, 0.1) is 12.2 Å². The van der Waals surface area contributed by atoms with Crippen molar-refractivity contribution in [3.8, 4) is 17.4 Å². The molecule has 0 bridgehead atoms. The number of nitrogens with one attached hydrogen (secondary N) is 1. The quantitative estimate of drug-likeness (QED) is 0.421. The molecule has 0 atom stereocenters. The minimum atomic E-state index is -4.65. The fourth-order valence-electron chi connectivity index (χ4n) is 3.23. The molecule has 0 radical (unpaired) electrons. The third kappa shape index (κ3) is 8.33. The number of halogens is 4. The van der Waals surface area contributed by atoms with Crippen LogP contribution in [0, 0.1) is 0 Å². The van der Waals surface area contributed by atoms with Gasteiger partial charge in [0.2, 0.25) is 5.88 Å². The molecule has 1 aromatic carbocycles. The Labute approximate surface area is 222 Å². The van der Waals surface area contributed by atoms with Gasteiger partial charge in [-0.25, -0.2) is 9.78 Å². The molecule has 11 nitrogen and oxygen atoms in total. The monoisotopic (exact) mass is 582 g/mol. The second kappa shape index (κ2) is 12.8. The van der Waals surface area contributed by atoms with Crippen molar-refractivity contribution in [3.05, 3.63) is 46.6 Å². The van der Waals surface area contributed by atoms with Crippen LogP contribution in [0.4, 0.5) is 18.0 Å². The summed E-state index contributed by atoms with van der Waals surface area (Å²) >= 11 is 5.96. The molecule has 1 N–H and O–H groups in total. The molecule has 2 heterocycles. The number of hydrogen-bond acceptors (Lipinski definition) is 9. The molecular weight excluding hydrogens is 557 g/mol. The summed E-state index contributed by atoms with van der Waals surface area (Å²) in [5, 5.41) is 1.92. The Balaban J connectivity index is 1.74. The largest absolute Gasteiger partial charge is 0.491 e. The van der Waals surface area contributed by atoms with Crippen molar-refractivity contribution in [2.24, 2.45) is 0 Å². The second-order valence-electron chi connectivity index (χ2n) is 8.11. The van der Waals surface area contributed by atoms with Gasteiger partial charge < -0.3 is 28.6 Å². The average Bonchev–Trinajstić information content (AvgIpc) is 2.84. The molecule has 1 fully saturated rings. The molecule has 1 saturated heterocycles. The van der Waals surface area contributed by atoms with Crippen LogP contribution in [0.25, 0.3) is 0 Å². The molecule has 1 aliphatic heterocycles. The third-order valence-electron chi connectivity index (χ3n) is 5.32. The minimum absolute atomic E-state index is 0.0382. The number of likely N-dealkylation sites (N-methyl/N-ethyl adjacent to an activating group) is 1. The van der Waals surface area contributed by atoms with Crippen LogP contribution in [0.5, 0.6) is 17.4 Å². The van der Waals surface area contributed by atoms with Crippen molar-refractivity contribution in [2.45, 2.75) is 12.7 Å². The van der Waals surface area contributed by atoms with Crippen LogP contribution in [-0.2, 0) is 31.9 Å². The SMILES string of the molecule is COCCOc1ccc(CNC(=O)OS(=O)(=O)N2CCN(C)CC2)c(Oc2ncc(C(F)(F)F)cc2Cl)c1. The van der Waals surface area contributed by atoms with Gasteiger partial charge in [-0.15, -0.1) is 0 Å². The summed E-state index contributed by atoms with van der Waals surface area (Å²) in [6, 6.07) is 5.13. The zero-order valence-electron chi connectivity index (χ0n) is 20.5. The average molecular weight is 583 g/mol. The van der Waals surface area contributed by atoms with E-state index in [0.717, 1.165) is 4.31 Å². The minimum Gasteiger partial charge on any atom is -0.491 e. The zero-order chi connectivity index (χ0) is 27.9. The van der Waals surface area contributed by atoms with E-state index in [0.29, 0.717) is 43.3 Å². The van der Waals surface area contributed by atoms with Gasteiger partial charge in [-0.05, 0) is 25.2 Å². The predicted octanol–water partition coefficient (Wildman–Crippen LogP) is 3.29. The molecule has 0 spiro atoms. The van der Waals surface area contributed by atoms with Gasteiger partial charge in [0.1, 0.15) is 23.1 Å². The summed E-state index contributed by atoms with van der Waals surface area (Å²) in [7, 11) is -0.959. The van der Waals surface area contributed by atoms with Gasteiger partial charge in [-0.2, -0.15) is 25.9 Å². The lowest BCUT2D eigenvalue weighted by atomic mass is 10.2. The first-order valence-corrected chi connectivity index (χ1v) is 12.9. The number of aromatic nitrogens is 1. The second-order valence-corrected chi connectivity index (χ2v) is 10.1. The fraction of sp³-hybridized carbons (Fsp3) is 0.455. The Morgan fingerprint density at radius 3 is 2.50 bits per heavy atom. The first-order valence-electron chi connectivity index (χ1n) is 11.2. The number of alkyl halides is 3. The van der Waals surface area contributed by atoms with E-state index in [1.165, 1.54) is 19.2 Å². The molecule has 2 aromatic rings. The number of pyridine rings is 1. The highest BCUT2D eigenvalue weighted by Gasteiger charge is 2.32. The van der Waals surface area contributed by atoms with E-state index in [9.17, 15) is 26.4 Å². The normalized spacial score (nSPS) is 15.2. The lowest BCUT2D eigenvalue weighted by molar-refractivity contribution is -0.137. The van der Waals surface area contributed by atoms with Gasteiger partial charge in [0, 0.05) is 57.7 Å². The molecule has 0 unspecified atom stereocenters. The summed E-state index contributed by atoms with van der Waals surface area (Å²) in [6.45, 7) is 1.56. The summed E-state index contributed by atoms with van der Waals surface area (Å²) in [6.07, 6.45) is -5.30. The lowest BCUT2D eigenvalue weighted by Gasteiger charge is -2.30. The molecule has 0 aliphatic carbocycles. The van der Waals surface area contributed by atoms with Crippen molar-refractivity contribution >= 4 is 28.0 Å². The van der Waals surface area contributed by atoms with Crippen molar-refractivity contribution in [3.63, 3.8) is 0 Å². The van der Waals surface area contributed by atoms with Crippen molar-refractivity contribution in [1.82, 2.24) is 19.5 Å². The maximum Gasteiger partial charge on any atom is 0.423 e. The first kappa shape index (κ1) is 29.7. The lowest BCUT2D eigenvalue weighted by Crippen LogP contribution is -2.48. The van der Waals surface area contributed by atoms with E-state index in [4.69, 9.17) is 25.8 Å². The maximum absolute atomic E-state index is 13.0. The highest BCUT2D eigenvalue weighted by Crippen LogP contribution is 2.36. The van der Waals surface area contributed by atoms with E-state index in [1.807, 2.05) is 11.9 Å². The Morgan fingerprint density at radius 2 is 1.87 bits per heavy atom. The molecule has 0 saturated carbocycles. The first-order chi connectivity index (χ1) is 17.9.